The third kappa shape index (κ3) is 2.04. The Balaban J connectivity index is 1.84. The highest BCUT2D eigenvalue weighted by Gasteiger charge is 2.39. The third-order valence-corrected chi connectivity index (χ3v) is 5.25. The first-order valence-corrected chi connectivity index (χ1v) is 7.71. The van der Waals surface area contributed by atoms with E-state index in [1.165, 1.54) is 42.9 Å². The molecule has 2 atom stereocenters. The molecule has 0 aromatic carbocycles. The normalized spacial score (nSPS) is 27.3. The first-order valence-electron chi connectivity index (χ1n) is 6.89. The molecule has 1 fully saturated rings. The van der Waals surface area contributed by atoms with Gasteiger partial charge >= 0.3 is 5.13 Å². The van der Waals surface area contributed by atoms with Crippen molar-refractivity contribution in [3.05, 3.63) is 15.5 Å². The van der Waals surface area contributed by atoms with Crippen LogP contribution < -0.4 is 0 Å². The lowest BCUT2D eigenvalue weighted by Crippen LogP contribution is -2.49. The molecule has 18 heavy (non-hydrogen) atoms. The molecule has 0 N–H and O–H groups in total. The van der Waals surface area contributed by atoms with Gasteiger partial charge in [-0.15, -0.1) is 0 Å². The number of diazo groups is 1. The number of hydrogen-bond acceptors (Lipinski definition) is 4. The summed E-state index contributed by atoms with van der Waals surface area (Å²) in [6, 6.07) is 0.693. The minimum absolute atomic E-state index is 0.528. The van der Waals surface area contributed by atoms with Crippen molar-refractivity contribution in [2.75, 3.05) is 13.1 Å². The van der Waals surface area contributed by atoms with Gasteiger partial charge in [0.05, 0.1) is 10.3 Å². The predicted octanol–water partition coefficient (Wildman–Crippen LogP) is 3.22. The molecule has 1 aromatic heterocycles. The Morgan fingerprint density at radius 2 is 2.39 bits per heavy atom. The molecule has 0 saturated carbocycles. The maximum Gasteiger partial charge on any atom is 0.523 e. The predicted molar refractivity (Wildman–Crippen MR) is 72.6 cm³/mol. The summed E-state index contributed by atoms with van der Waals surface area (Å²) in [5.41, 5.74) is 1.19. The van der Waals surface area contributed by atoms with Crippen molar-refractivity contribution in [3.8, 4) is 0 Å². The minimum atomic E-state index is 0.528. The lowest BCUT2D eigenvalue weighted by Gasteiger charge is -2.42. The van der Waals surface area contributed by atoms with E-state index in [1.54, 1.807) is 11.3 Å². The van der Waals surface area contributed by atoms with Crippen LogP contribution in [0.5, 0.6) is 0 Å². The molecule has 0 radical (unpaired) electrons. The standard InChI is InChI=1S/C13H19N4S/c1-2-5-17-6-3-4-9-7-10-12(8-11(9)17)18-13(15-10)16-14/h9,11H,2-8H2,1H3/q+1/t9-,11-/m1/s1. The van der Waals surface area contributed by atoms with E-state index in [0.29, 0.717) is 11.2 Å². The van der Waals surface area contributed by atoms with Crippen LogP contribution in [0.4, 0.5) is 5.13 Å². The number of fused-ring (bicyclic) bond motifs is 2. The van der Waals surface area contributed by atoms with E-state index in [9.17, 15) is 0 Å². The van der Waals surface area contributed by atoms with Crippen LogP contribution in [0.3, 0.4) is 0 Å². The zero-order chi connectivity index (χ0) is 12.5. The monoisotopic (exact) mass is 263 g/mol. The van der Waals surface area contributed by atoms with Crippen LogP contribution in [0, 0.1) is 11.3 Å². The maximum absolute atomic E-state index is 8.84. The van der Waals surface area contributed by atoms with Crippen LogP contribution in [0.25, 0.3) is 4.98 Å². The second-order valence-corrected chi connectivity index (χ2v) is 6.44. The molecule has 5 heteroatoms. The summed E-state index contributed by atoms with van der Waals surface area (Å²) in [7, 11) is 0. The molecular weight excluding hydrogens is 244 g/mol. The maximum atomic E-state index is 8.84. The number of piperidine rings is 1. The molecule has 0 unspecified atom stereocenters. The van der Waals surface area contributed by atoms with Gasteiger partial charge in [-0.3, -0.25) is 4.90 Å². The molecule has 1 saturated heterocycles. The van der Waals surface area contributed by atoms with Crippen molar-refractivity contribution in [2.24, 2.45) is 5.92 Å². The first-order chi connectivity index (χ1) is 8.81. The molecule has 0 amide bonds. The lowest BCUT2D eigenvalue weighted by atomic mass is 9.79. The zero-order valence-electron chi connectivity index (χ0n) is 10.8. The van der Waals surface area contributed by atoms with Crippen molar-refractivity contribution in [1.82, 2.24) is 9.88 Å². The topological polar surface area (TPSA) is 44.3 Å². The minimum Gasteiger partial charge on any atom is -0.300 e. The highest BCUT2D eigenvalue weighted by atomic mass is 32.1. The molecule has 2 aliphatic rings. The molecule has 1 aromatic rings. The Bertz CT molecular complexity index is 474. The number of nitrogens with zero attached hydrogens (tertiary/aromatic N) is 4. The van der Waals surface area contributed by atoms with Crippen LogP contribution >= 0.6 is 11.3 Å². The molecular formula is C13H19N4S+. The Hall–Kier alpha value is -0.990. The van der Waals surface area contributed by atoms with Gasteiger partial charge in [-0.05, 0) is 54.6 Å². The van der Waals surface area contributed by atoms with Crippen LogP contribution in [0.2, 0.25) is 0 Å². The fraction of sp³-hybridized carbons (Fsp3) is 0.769. The van der Waals surface area contributed by atoms with Crippen molar-refractivity contribution in [3.63, 3.8) is 0 Å². The van der Waals surface area contributed by atoms with Gasteiger partial charge < -0.3 is 0 Å². The Kier molecular flexibility index (Phi) is 3.31. The molecule has 1 aliphatic carbocycles. The van der Waals surface area contributed by atoms with Crippen molar-refractivity contribution >= 4 is 16.5 Å². The molecule has 4 nitrogen and oxygen atoms in total. The zero-order valence-corrected chi connectivity index (χ0v) is 11.6. The van der Waals surface area contributed by atoms with Crippen LogP contribution in [0.15, 0.2) is 0 Å². The van der Waals surface area contributed by atoms with Gasteiger partial charge in [0.15, 0.2) is 5.69 Å². The van der Waals surface area contributed by atoms with Gasteiger partial charge in [-0.2, -0.15) is 0 Å². The Morgan fingerprint density at radius 3 is 3.17 bits per heavy atom. The van der Waals surface area contributed by atoms with Crippen LogP contribution in [0.1, 0.15) is 36.8 Å². The van der Waals surface area contributed by atoms with Crippen molar-refractivity contribution in [2.45, 2.75) is 45.1 Å². The SMILES string of the molecule is CCCN1CCC[C@@H]2Cc3nc([N+]#N)sc3C[C@H]21. The van der Waals surface area contributed by atoms with Gasteiger partial charge in [0.1, 0.15) is 0 Å². The molecule has 0 spiro atoms. The smallest absolute Gasteiger partial charge is 0.300 e. The number of thiazole rings is 1. The fourth-order valence-electron chi connectivity index (χ4n) is 3.48. The average Bonchev–Trinajstić information content (AvgIpc) is 2.79. The van der Waals surface area contributed by atoms with Gasteiger partial charge in [0, 0.05) is 23.9 Å². The van der Waals surface area contributed by atoms with E-state index >= 15 is 0 Å². The molecule has 3 rings (SSSR count). The second-order valence-electron chi connectivity index (χ2n) is 5.38. The second kappa shape index (κ2) is 4.94. The number of aromatic nitrogens is 1. The Morgan fingerprint density at radius 1 is 1.50 bits per heavy atom. The Labute approximate surface area is 112 Å². The summed E-state index contributed by atoms with van der Waals surface area (Å²) < 4.78 is 0. The molecule has 1 aliphatic heterocycles. The summed E-state index contributed by atoms with van der Waals surface area (Å²) in [4.78, 5) is 11.7. The van der Waals surface area contributed by atoms with E-state index in [4.69, 9.17) is 5.39 Å². The first kappa shape index (κ1) is 12.1. The summed E-state index contributed by atoms with van der Waals surface area (Å²) in [5, 5.41) is 9.37. The molecule has 0 bridgehead atoms. The number of likely N-dealkylation sites (tertiary alicyclic amines) is 1. The van der Waals surface area contributed by atoms with Crippen molar-refractivity contribution in [1.29, 1.82) is 5.39 Å². The largest absolute Gasteiger partial charge is 0.523 e. The summed E-state index contributed by atoms with van der Waals surface area (Å²) in [6.45, 7) is 4.72. The van der Waals surface area contributed by atoms with Gasteiger partial charge in [-0.1, -0.05) is 6.92 Å². The van der Waals surface area contributed by atoms with E-state index in [-0.39, 0.29) is 0 Å². The van der Waals surface area contributed by atoms with Crippen LogP contribution in [-0.2, 0) is 12.8 Å². The van der Waals surface area contributed by atoms with E-state index in [1.807, 2.05) is 0 Å². The highest BCUT2D eigenvalue weighted by molar-refractivity contribution is 7.15. The highest BCUT2D eigenvalue weighted by Crippen LogP contribution is 2.39. The third-order valence-electron chi connectivity index (χ3n) is 4.25. The average molecular weight is 263 g/mol. The summed E-state index contributed by atoms with van der Waals surface area (Å²) in [6.07, 6.45) is 6.06. The lowest BCUT2D eigenvalue weighted by molar-refractivity contribution is 0.0857. The van der Waals surface area contributed by atoms with Crippen molar-refractivity contribution < 1.29 is 0 Å². The van der Waals surface area contributed by atoms with Gasteiger partial charge in [0.25, 0.3) is 0 Å². The summed E-state index contributed by atoms with van der Waals surface area (Å²) >= 11 is 1.56. The summed E-state index contributed by atoms with van der Waals surface area (Å²) in [5.74, 6) is 0.756. The number of rotatable bonds is 2. The van der Waals surface area contributed by atoms with E-state index < -0.39 is 0 Å². The number of hydrogen-bond donors (Lipinski definition) is 0. The van der Waals surface area contributed by atoms with E-state index in [2.05, 4.69) is 21.8 Å². The van der Waals surface area contributed by atoms with Gasteiger partial charge in [0.2, 0.25) is 0 Å². The molecule has 96 valence electrons. The van der Waals surface area contributed by atoms with Crippen LogP contribution in [-0.4, -0.2) is 29.0 Å². The van der Waals surface area contributed by atoms with Gasteiger partial charge in [-0.25, -0.2) is 0 Å². The fourth-order valence-corrected chi connectivity index (χ4v) is 4.40. The quantitative estimate of drug-likeness (QED) is 0.770. The van der Waals surface area contributed by atoms with E-state index in [0.717, 1.165) is 18.8 Å². The molecule has 2 heterocycles.